The van der Waals surface area contributed by atoms with Crippen LogP contribution < -0.4 is 0 Å². The van der Waals surface area contributed by atoms with Gasteiger partial charge in [0.2, 0.25) is 0 Å². The van der Waals surface area contributed by atoms with Crippen molar-refractivity contribution < 1.29 is 0 Å². The Bertz CT molecular complexity index is 879. The van der Waals surface area contributed by atoms with E-state index in [9.17, 15) is 0 Å². The highest BCUT2D eigenvalue weighted by atomic mass is 15.1. The number of nitrogens with one attached hydrogen (secondary N) is 1. The second-order valence-corrected chi connectivity index (χ2v) is 4.37. The van der Waals surface area contributed by atoms with Gasteiger partial charge < -0.3 is 0 Å². The maximum absolute atomic E-state index is 4.57. The number of aromatic nitrogens is 4. The number of rotatable bonds is 1. The van der Waals surface area contributed by atoms with Gasteiger partial charge in [0.25, 0.3) is 0 Å². The third-order valence-electron chi connectivity index (χ3n) is 3.17. The van der Waals surface area contributed by atoms with Gasteiger partial charge in [-0.3, -0.25) is 5.10 Å². The molecule has 0 aliphatic carbocycles. The quantitative estimate of drug-likeness (QED) is 0.561. The predicted octanol–water partition coefficient (Wildman–Crippen LogP) is 3.17. The fraction of sp³-hybridized carbons (Fsp3) is 0. The molecule has 4 heteroatoms. The van der Waals surface area contributed by atoms with Gasteiger partial charge in [0.1, 0.15) is 5.69 Å². The average Bonchev–Trinajstić information content (AvgIpc) is 2.91. The molecule has 4 aromatic rings. The van der Waals surface area contributed by atoms with Crippen LogP contribution in [0.15, 0.2) is 54.7 Å². The summed E-state index contributed by atoms with van der Waals surface area (Å²) in [7, 11) is 0. The fourth-order valence-corrected chi connectivity index (χ4v) is 2.22. The average molecular weight is 246 g/mol. The molecule has 0 spiro atoms. The van der Waals surface area contributed by atoms with Gasteiger partial charge in [0.05, 0.1) is 11.0 Å². The number of H-pyrrole nitrogens is 1. The number of hydrogen-bond donors (Lipinski definition) is 1. The lowest BCUT2D eigenvalue weighted by Gasteiger charge is -1.99. The highest BCUT2D eigenvalue weighted by Gasteiger charge is 2.10. The lowest BCUT2D eigenvalue weighted by Crippen LogP contribution is -1.90. The summed E-state index contributed by atoms with van der Waals surface area (Å²) in [6, 6.07) is 15.9. The summed E-state index contributed by atoms with van der Waals surface area (Å²) >= 11 is 0. The first kappa shape index (κ1) is 10.2. The topological polar surface area (TPSA) is 54.5 Å². The summed E-state index contributed by atoms with van der Waals surface area (Å²) in [4.78, 5) is 8.98. The lowest BCUT2D eigenvalue weighted by atomic mass is 10.2. The Morgan fingerprint density at radius 1 is 0.895 bits per heavy atom. The third kappa shape index (κ3) is 1.57. The molecule has 0 aliphatic heterocycles. The first-order chi connectivity index (χ1) is 9.42. The van der Waals surface area contributed by atoms with Crippen molar-refractivity contribution in [2.24, 2.45) is 0 Å². The van der Waals surface area contributed by atoms with Crippen molar-refractivity contribution in [3.8, 4) is 11.5 Å². The van der Waals surface area contributed by atoms with E-state index >= 15 is 0 Å². The minimum atomic E-state index is 0.649. The predicted molar refractivity (Wildman–Crippen MR) is 74.6 cm³/mol. The van der Waals surface area contributed by atoms with E-state index in [1.807, 2.05) is 54.7 Å². The Balaban J connectivity index is 1.99. The minimum absolute atomic E-state index is 0.649. The highest BCUT2D eigenvalue weighted by molar-refractivity contribution is 5.92. The number of aromatic amines is 1. The van der Waals surface area contributed by atoms with E-state index in [0.29, 0.717) is 5.82 Å². The Kier molecular flexibility index (Phi) is 2.08. The van der Waals surface area contributed by atoms with Crippen LogP contribution in [0.25, 0.3) is 33.3 Å². The van der Waals surface area contributed by atoms with Gasteiger partial charge in [0.15, 0.2) is 5.82 Å². The number of benzene rings is 2. The zero-order valence-corrected chi connectivity index (χ0v) is 10.0. The Morgan fingerprint density at radius 2 is 1.74 bits per heavy atom. The standard InChI is InChI=1S/C15H10N4/c1-3-7-12-10(5-1)9-16-15(17-12)14-11-6-2-4-8-13(11)18-19-14/h1-9H,(H,18,19). The second kappa shape index (κ2) is 3.88. The molecule has 0 bridgehead atoms. The van der Waals surface area contributed by atoms with Crippen LogP contribution in [0.3, 0.4) is 0 Å². The molecule has 4 nitrogen and oxygen atoms in total. The zero-order valence-electron chi connectivity index (χ0n) is 10.0. The molecule has 0 saturated carbocycles. The number of hydrogen-bond acceptors (Lipinski definition) is 3. The molecule has 0 radical (unpaired) electrons. The summed E-state index contributed by atoms with van der Waals surface area (Å²) in [6.45, 7) is 0. The van der Waals surface area contributed by atoms with Crippen molar-refractivity contribution in [2.75, 3.05) is 0 Å². The summed E-state index contributed by atoms with van der Waals surface area (Å²) in [5.74, 6) is 0.649. The van der Waals surface area contributed by atoms with Gasteiger partial charge in [-0.15, -0.1) is 0 Å². The van der Waals surface area contributed by atoms with Gasteiger partial charge in [-0.2, -0.15) is 5.10 Å². The Hall–Kier alpha value is -2.75. The molecule has 0 fully saturated rings. The monoisotopic (exact) mass is 246 g/mol. The molecule has 2 heterocycles. The maximum atomic E-state index is 4.57. The molecule has 0 unspecified atom stereocenters. The highest BCUT2D eigenvalue weighted by Crippen LogP contribution is 2.24. The SMILES string of the molecule is c1ccc2nc(-c3n[nH]c4ccccc34)ncc2c1. The summed E-state index contributed by atoms with van der Waals surface area (Å²) in [6.07, 6.45) is 1.83. The molecule has 90 valence electrons. The van der Waals surface area contributed by atoms with Gasteiger partial charge in [-0.05, 0) is 12.1 Å². The van der Waals surface area contributed by atoms with Gasteiger partial charge >= 0.3 is 0 Å². The van der Waals surface area contributed by atoms with Gasteiger partial charge in [-0.25, -0.2) is 9.97 Å². The molecule has 19 heavy (non-hydrogen) atoms. The van der Waals surface area contributed by atoms with Crippen LogP contribution in [0.5, 0.6) is 0 Å². The first-order valence-electron chi connectivity index (χ1n) is 6.07. The Labute approximate surface area is 109 Å². The van der Waals surface area contributed by atoms with E-state index in [1.54, 1.807) is 0 Å². The van der Waals surface area contributed by atoms with Crippen LogP contribution in [0.2, 0.25) is 0 Å². The van der Waals surface area contributed by atoms with E-state index in [0.717, 1.165) is 27.5 Å². The second-order valence-electron chi connectivity index (χ2n) is 4.37. The number of para-hydroxylation sites is 2. The molecule has 4 rings (SSSR count). The smallest absolute Gasteiger partial charge is 0.181 e. The molecule has 1 N–H and O–H groups in total. The van der Waals surface area contributed by atoms with Crippen LogP contribution in [0.4, 0.5) is 0 Å². The molecule has 0 saturated heterocycles. The summed E-state index contributed by atoms with van der Waals surface area (Å²) in [5, 5.41) is 9.40. The zero-order chi connectivity index (χ0) is 12.7. The summed E-state index contributed by atoms with van der Waals surface area (Å²) in [5.41, 5.74) is 2.72. The molecule has 0 atom stereocenters. The molecular formula is C15H10N4. The molecular weight excluding hydrogens is 236 g/mol. The van der Waals surface area contributed by atoms with Crippen LogP contribution in [0, 0.1) is 0 Å². The van der Waals surface area contributed by atoms with Crippen molar-refractivity contribution in [3.05, 3.63) is 54.7 Å². The van der Waals surface area contributed by atoms with Crippen molar-refractivity contribution in [1.82, 2.24) is 20.2 Å². The molecule has 0 aliphatic rings. The fourth-order valence-electron chi connectivity index (χ4n) is 2.22. The van der Waals surface area contributed by atoms with Crippen molar-refractivity contribution in [3.63, 3.8) is 0 Å². The van der Waals surface area contributed by atoms with Crippen molar-refractivity contribution in [2.45, 2.75) is 0 Å². The van der Waals surface area contributed by atoms with Crippen molar-refractivity contribution in [1.29, 1.82) is 0 Å². The van der Waals surface area contributed by atoms with E-state index in [1.165, 1.54) is 0 Å². The van der Waals surface area contributed by atoms with E-state index < -0.39 is 0 Å². The van der Waals surface area contributed by atoms with Crippen molar-refractivity contribution >= 4 is 21.8 Å². The Morgan fingerprint density at radius 3 is 2.74 bits per heavy atom. The van der Waals surface area contributed by atoms with E-state index in [-0.39, 0.29) is 0 Å². The normalized spacial score (nSPS) is 11.2. The van der Waals surface area contributed by atoms with Crippen LogP contribution >= 0.6 is 0 Å². The van der Waals surface area contributed by atoms with Gasteiger partial charge in [-0.1, -0.05) is 36.4 Å². The van der Waals surface area contributed by atoms with Crippen LogP contribution in [-0.2, 0) is 0 Å². The third-order valence-corrected chi connectivity index (χ3v) is 3.17. The minimum Gasteiger partial charge on any atom is -0.277 e. The lowest BCUT2D eigenvalue weighted by molar-refractivity contribution is 1.09. The van der Waals surface area contributed by atoms with E-state index in [4.69, 9.17) is 0 Å². The van der Waals surface area contributed by atoms with Crippen LogP contribution in [0.1, 0.15) is 0 Å². The number of nitrogens with zero attached hydrogens (tertiary/aromatic N) is 3. The summed E-state index contributed by atoms with van der Waals surface area (Å²) < 4.78 is 0. The van der Waals surface area contributed by atoms with Crippen LogP contribution in [-0.4, -0.2) is 20.2 Å². The largest absolute Gasteiger partial charge is 0.277 e. The molecule has 2 aromatic carbocycles. The maximum Gasteiger partial charge on any atom is 0.181 e. The number of fused-ring (bicyclic) bond motifs is 2. The van der Waals surface area contributed by atoms with Gasteiger partial charge in [0, 0.05) is 17.0 Å². The molecule has 2 aromatic heterocycles. The molecule has 0 amide bonds. The van der Waals surface area contributed by atoms with E-state index in [2.05, 4.69) is 20.2 Å². The first-order valence-corrected chi connectivity index (χ1v) is 6.07.